The van der Waals surface area contributed by atoms with Crippen molar-refractivity contribution in [3.8, 4) is 0 Å². The van der Waals surface area contributed by atoms with Gasteiger partial charge in [-0.1, -0.05) is 254 Å². The lowest BCUT2D eigenvalue weighted by molar-refractivity contribution is -0.167. The molecule has 1 unspecified atom stereocenters. The topological polar surface area (TPSA) is 78.9 Å². The van der Waals surface area contributed by atoms with E-state index in [1.807, 2.05) is 0 Å². The molecule has 0 fully saturated rings. The van der Waals surface area contributed by atoms with Crippen LogP contribution in [0.15, 0.2) is 85.1 Å². The van der Waals surface area contributed by atoms with Crippen LogP contribution in [0.1, 0.15) is 284 Å². The Balaban J connectivity index is 4.34. The number of hydrogen-bond acceptors (Lipinski definition) is 6. The highest BCUT2D eigenvalue weighted by molar-refractivity contribution is 5.71. The SMILES string of the molecule is CC/C=C\C/C=C\C/C=C\C/C=C\CCCCCCCCCCC(=O)OCC(COC(=O)CCCCCCCCCCCC)OC(=O)CCCCCCCC/C=C\C/C=C\C/C=C\CCCCCCC. The molecule has 0 rings (SSSR count). The molecule has 0 amide bonds. The molecule has 0 aromatic carbocycles. The van der Waals surface area contributed by atoms with Gasteiger partial charge in [0, 0.05) is 19.3 Å². The van der Waals surface area contributed by atoms with Gasteiger partial charge in [-0.15, -0.1) is 0 Å². The quantitative estimate of drug-likeness (QED) is 0.0261. The van der Waals surface area contributed by atoms with E-state index in [1.165, 1.54) is 128 Å². The zero-order chi connectivity index (χ0) is 50.7. The molecule has 0 heterocycles. The van der Waals surface area contributed by atoms with Gasteiger partial charge >= 0.3 is 17.9 Å². The van der Waals surface area contributed by atoms with Crippen molar-refractivity contribution in [3.63, 3.8) is 0 Å². The van der Waals surface area contributed by atoms with Crippen molar-refractivity contribution in [2.45, 2.75) is 290 Å². The third kappa shape index (κ3) is 55.5. The first-order valence-corrected chi connectivity index (χ1v) is 29.6. The zero-order valence-corrected chi connectivity index (χ0v) is 46.0. The minimum absolute atomic E-state index is 0.0829. The highest BCUT2D eigenvalue weighted by Gasteiger charge is 2.19. The fraction of sp³-hybridized carbons (Fsp3) is 0.734. The second kappa shape index (κ2) is 58.2. The van der Waals surface area contributed by atoms with Crippen LogP contribution in [0.5, 0.6) is 0 Å². The Hall–Kier alpha value is -3.41. The Morgan fingerprint density at radius 1 is 0.300 bits per heavy atom. The van der Waals surface area contributed by atoms with Crippen molar-refractivity contribution < 1.29 is 28.6 Å². The lowest BCUT2D eigenvalue weighted by atomic mass is 10.1. The number of ether oxygens (including phenoxy) is 3. The summed E-state index contributed by atoms with van der Waals surface area (Å²) in [5.41, 5.74) is 0. The van der Waals surface area contributed by atoms with Crippen molar-refractivity contribution >= 4 is 17.9 Å². The molecule has 0 radical (unpaired) electrons. The zero-order valence-electron chi connectivity index (χ0n) is 46.0. The summed E-state index contributed by atoms with van der Waals surface area (Å²) in [6, 6.07) is 0. The second-order valence-electron chi connectivity index (χ2n) is 19.5. The van der Waals surface area contributed by atoms with Crippen molar-refractivity contribution in [2.75, 3.05) is 13.2 Å². The summed E-state index contributed by atoms with van der Waals surface area (Å²) in [7, 11) is 0. The van der Waals surface area contributed by atoms with Gasteiger partial charge in [0.25, 0.3) is 0 Å². The molecule has 0 aromatic rings. The summed E-state index contributed by atoms with van der Waals surface area (Å²) < 4.78 is 16.8. The molecule has 0 aliphatic rings. The van der Waals surface area contributed by atoms with E-state index >= 15 is 0 Å². The maximum atomic E-state index is 12.9. The van der Waals surface area contributed by atoms with Crippen LogP contribution in [-0.2, 0) is 28.6 Å². The summed E-state index contributed by atoms with van der Waals surface area (Å²) in [6.07, 6.45) is 75.7. The predicted octanol–water partition coefficient (Wildman–Crippen LogP) is 19.9. The van der Waals surface area contributed by atoms with Gasteiger partial charge in [-0.2, -0.15) is 0 Å². The van der Waals surface area contributed by atoms with Gasteiger partial charge in [-0.3, -0.25) is 14.4 Å². The van der Waals surface area contributed by atoms with E-state index in [0.717, 1.165) is 116 Å². The van der Waals surface area contributed by atoms with Gasteiger partial charge in [-0.05, 0) is 96.3 Å². The average Bonchev–Trinajstić information content (AvgIpc) is 3.36. The number of carbonyl (C=O) groups excluding carboxylic acids is 3. The lowest BCUT2D eigenvalue weighted by Gasteiger charge is -2.18. The van der Waals surface area contributed by atoms with Gasteiger partial charge in [0.1, 0.15) is 13.2 Å². The van der Waals surface area contributed by atoms with E-state index < -0.39 is 6.10 Å². The molecule has 0 spiro atoms. The molecule has 6 nitrogen and oxygen atoms in total. The van der Waals surface area contributed by atoms with Crippen LogP contribution in [0.2, 0.25) is 0 Å². The normalized spacial score (nSPS) is 12.7. The molecule has 0 aromatic heterocycles. The maximum absolute atomic E-state index is 12.9. The summed E-state index contributed by atoms with van der Waals surface area (Å²) >= 11 is 0. The first-order chi connectivity index (χ1) is 34.5. The molecule has 6 heteroatoms. The Morgan fingerprint density at radius 2 is 0.557 bits per heavy atom. The Bertz CT molecular complexity index is 1350. The van der Waals surface area contributed by atoms with Gasteiger partial charge in [0.15, 0.2) is 6.10 Å². The third-order valence-corrected chi connectivity index (χ3v) is 12.6. The van der Waals surface area contributed by atoms with Crippen molar-refractivity contribution in [3.05, 3.63) is 85.1 Å². The fourth-order valence-electron chi connectivity index (χ4n) is 8.21. The molecule has 1 atom stereocenters. The minimum Gasteiger partial charge on any atom is -0.462 e. The van der Waals surface area contributed by atoms with Gasteiger partial charge in [-0.25, -0.2) is 0 Å². The molecule has 0 aliphatic heterocycles. The Labute approximate surface area is 433 Å². The molecule has 402 valence electrons. The smallest absolute Gasteiger partial charge is 0.306 e. The minimum atomic E-state index is -0.786. The number of hydrogen-bond donors (Lipinski definition) is 0. The summed E-state index contributed by atoms with van der Waals surface area (Å²) in [5, 5.41) is 0. The molecule has 0 saturated heterocycles. The molecule has 0 aliphatic carbocycles. The van der Waals surface area contributed by atoms with Crippen LogP contribution < -0.4 is 0 Å². The molecule has 0 bridgehead atoms. The Morgan fingerprint density at radius 3 is 0.871 bits per heavy atom. The summed E-state index contributed by atoms with van der Waals surface area (Å²) in [5.74, 6) is -0.899. The van der Waals surface area contributed by atoms with Crippen LogP contribution in [0.25, 0.3) is 0 Å². The third-order valence-electron chi connectivity index (χ3n) is 12.6. The van der Waals surface area contributed by atoms with Crippen LogP contribution in [0.3, 0.4) is 0 Å². The first-order valence-electron chi connectivity index (χ1n) is 29.6. The molecule has 70 heavy (non-hydrogen) atoms. The van der Waals surface area contributed by atoms with E-state index in [0.29, 0.717) is 19.3 Å². The maximum Gasteiger partial charge on any atom is 0.306 e. The van der Waals surface area contributed by atoms with E-state index in [1.54, 1.807) is 0 Å². The lowest BCUT2D eigenvalue weighted by Crippen LogP contribution is -2.30. The molecule has 0 saturated carbocycles. The number of esters is 3. The predicted molar refractivity (Wildman–Crippen MR) is 302 cm³/mol. The molecular formula is C64H110O6. The van der Waals surface area contributed by atoms with Gasteiger partial charge in [0.05, 0.1) is 0 Å². The monoisotopic (exact) mass is 975 g/mol. The van der Waals surface area contributed by atoms with Crippen LogP contribution in [0, 0.1) is 0 Å². The van der Waals surface area contributed by atoms with E-state index in [9.17, 15) is 14.4 Å². The first kappa shape index (κ1) is 66.6. The van der Waals surface area contributed by atoms with Gasteiger partial charge in [0.2, 0.25) is 0 Å². The van der Waals surface area contributed by atoms with Crippen LogP contribution >= 0.6 is 0 Å². The van der Waals surface area contributed by atoms with Crippen LogP contribution in [0.4, 0.5) is 0 Å². The average molecular weight is 976 g/mol. The standard InChI is InChI=1S/C64H110O6/c1-4-7-10-13-16-19-22-24-26-28-30-32-34-36-38-40-42-45-48-51-54-57-63(66)69-60-61(59-68-62(65)56-53-50-47-44-21-18-15-12-9-6-3)70-64(67)58-55-52-49-46-43-41-39-37-35-33-31-29-27-25-23-20-17-14-11-8-5-2/h7,10,16,19,23-26,29-32,35,37,61H,4-6,8-9,11-15,17-18,20-22,27-28,33-34,36,38-60H2,1-3H3/b10-7-,19-16-,25-23-,26-24-,31-29-,32-30-,37-35-. The van der Waals surface area contributed by atoms with Crippen LogP contribution in [-0.4, -0.2) is 37.2 Å². The Kier molecular flexibility index (Phi) is 55.3. The van der Waals surface area contributed by atoms with Crippen molar-refractivity contribution in [1.29, 1.82) is 0 Å². The fourth-order valence-corrected chi connectivity index (χ4v) is 8.21. The van der Waals surface area contributed by atoms with E-state index in [4.69, 9.17) is 14.2 Å². The number of allylic oxidation sites excluding steroid dienone is 14. The second-order valence-corrected chi connectivity index (χ2v) is 19.5. The number of carbonyl (C=O) groups is 3. The highest BCUT2D eigenvalue weighted by Crippen LogP contribution is 2.15. The van der Waals surface area contributed by atoms with Crippen molar-refractivity contribution in [1.82, 2.24) is 0 Å². The number of rotatable bonds is 53. The highest BCUT2D eigenvalue weighted by atomic mass is 16.6. The van der Waals surface area contributed by atoms with E-state index in [-0.39, 0.29) is 31.1 Å². The van der Waals surface area contributed by atoms with Crippen molar-refractivity contribution in [2.24, 2.45) is 0 Å². The largest absolute Gasteiger partial charge is 0.462 e. The summed E-state index contributed by atoms with van der Waals surface area (Å²) in [4.78, 5) is 38.1. The molecule has 0 N–H and O–H groups in total. The summed E-state index contributed by atoms with van der Waals surface area (Å²) in [6.45, 7) is 6.50. The van der Waals surface area contributed by atoms with Gasteiger partial charge < -0.3 is 14.2 Å². The van der Waals surface area contributed by atoms with E-state index in [2.05, 4.69) is 106 Å². The molecular weight excluding hydrogens is 865 g/mol. The number of unbranched alkanes of at least 4 members (excludes halogenated alkanes) is 28.